The van der Waals surface area contributed by atoms with Gasteiger partial charge in [0.15, 0.2) is 5.78 Å². The van der Waals surface area contributed by atoms with Gasteiger partial charge in [-0.2, -0.15) is 0 Å². The van der Waals surface area contributed by atoms with Crippen LogP contribution in [-0.2, 0) is 6.42 Å². The molecule has 0 amide bonds. The molecule has 0 heterocycles. The van der Waals surface area contributed by atoms with Crippen LogP contribution >= 0.6 is 11.8 Å². The summed E-state index contributed by atoms with van der Waals surface area (Å²) in [4.78, 5) is 13.0. The number of carbonyl (C=O) groups is 1. The van der Waals surface area contributed by atoms with Crippen molar-refractivity contribution in [1.29, 1.82) is 0 Å². The Hall–Kier alpha value is -1.68. The minimum absolute atomic E-state index is 0.00769. The molecule has 0 atom stereocenters. The van der Waals surface area contributed by atoms with E-state index in [9.17, 15) is 13.6 Å². The molecule has 0 aliphatic carbocycles. The van der Waals surface area contributed by atoms with E-state index in [2.05, 4.69) is 0 Å². The Morgan fingerprint density at radius 1 is 1.11 bits per heavy atom. The summed E-state index contributed by atoms with van der Waals surface area (Å²) in [6.07, 6.45) is 1.88. The largest absolute Gasteiger partial charge is 0.294 e. The summed E-state index contributed by atoms with van der Waals surface area (Å²) in [6, 6.07) is 10.4. The first-order chi connectivity index (χ1) is 9.10. The molecule has 0 unspecified atom stereocenters. The molecule has 0 N–H and O–H groups in total. The van der Waals surface area contributed by atoms with Crippen molar-refractivity contribution in [2.45, 2.75) is 11.3 Å². The quantitative estimate of drug-likeness (QED) is 0.618. The lowest BCUT2D eigenvalue weighted by atomic mass is 10.0. The maximum atomic E-state index is 13.1. The Morgan fingerprint density at radius 2 is 1.74 bits per heavy atom. The number of hydrogen-bond donors (Lipinski definition) is 0. The van der Waals surface area contributed by atoms with Crippen LogP contribution in [0.25, 0.3) is 0 Å². The second-order valence-corrected chi connectivity index (χ2v) is 4.93. The second kappa shape index (κ2) is 5.97. The lowest BCUT2D eigenvalue weighted by Gasteiger charge is -2.06. The fraction of sp³-hybridized carbons (Fsp3) is 0.133. The van der Waals surface area contributed by atoms with Crippen molar-refractivity contribution in [2.24, 2.45) is 0 Å². The third-order valence-electron chi connectivity index (χ3n) is 2.69. The van der Waals surface area contributed by atoms with Crippen LogP contribution in [0.4, 0.5) is 8.78 Å². The Labute approximate surface area is 114 Å². The molecular formula is C15H12F2OS. The van der Waals surface area contributed by atoms with Crippen molar-refractivity contribution in [2.75, 3.05) is 6.26 Å². The third-order valence-corrected chi connectivity index (χ3v) is 3.49. The summed E-state index contributed by atoms with van der Waals surface area (Å²) >= 11 is 1.47. The maximum absolute atomic E-state index is 13.1. The number of benzene rings is 2. The topological polar surface area (TPSA) is 17.1 Å². The average Bonchev–Trinajstić information content (AvgIpc) is 2.37. The van der Waals surface area contributed by atoms with Crippen LogP contribution in [0.5, 0.6) is 0 Å². The van der Waals surface area contributed by atoms with E-state index in [0.29, 0.717) is 11.1 Å². The van der Waals surface area contributed by atoms with Crippen molar-refractivity contribution in [1.82, 2.24) is 0 Å². The van der Waals surface area contributed by atoms with E-state index in [1.54, 1.807) is 12.1 Å². The summed E-state index contributed by atoms with van der Waals surface area (Å²) in [6.45, 7) is 0. The maximum Gasteiger partial charge on any atom is 0.168 e. The van der Waals surface area contributed by atoms with Gasteiger partial charge in [0.2, 0.25) is 0 Å². The summed E-state index contributed by atoms with van der Waals surface area (Å²) in [7, 11) is 0. The van der Waals surface area contributed by atoms with Crippen molar-refractivity contribution in [3.05, 3.63) is 65.2 Å². The van der Waals surface area contributed by atoms with Crippen molar-refractivity contribution in [3.8, 4) is 0 Å². The van der Waals surface area contributed by atoms with Gasteiger partial charge in [0.25, 0.3) is 0 Å². The van der Waals surface area contributed by atoms with Crippen LogP contribution in [-0.4, -0.2) is 12.0 Å². The average molecular weight is 278 g/mol. The van der Waals surface area contributed by atoms with E-state index in [-0.39, 0.29) is 12.2 Å². The lowest BCUT2D eigenvalue weighted by Crippen LogP contribution is -2.05. The van der Waals surface area contributed by atoms with E-state index in [4.69, 9.17) is 0 Å². The van der Waals surface area contributed by atoms with Gasteiger partial charge in [-0.3, -0.25) is 4.79 Å². The van der Waals surface area contributed by atoms with Crippen molar-refractivity contribution in [3.63, 3.8) is 0 Å². The van der Waals surface area contributed by atoms with Gasteiger partial charge in [0, 0.05) is 22.9 Å². The molecule has 0 saturated carbocycles. The van der Waals surface area contributed by atoms with Crippen LogP contribution in [0.3, 0.4) is 0 Å². The molecule has 0 aliphatic heterocycles. The first-order valence-corrected chi connectivity index (χ1v) is 6.94. The highest BCUT2D eigenvalue weighted by atomic mass is 32.2. The van der Waals surface area contributed by atoms with Gasteiger partial charge in [0.1, 0.15) is 11.6 Å². The highest BCUT2D eigenvalue weighted by Crippen LogP contribution is 2.21. The van der Waals surface area contributed by atoms with Gasteiger partial charge in [-0.05, 0) is 30.0 Å². The van der Waals surface area contributed by atoms with Gasteiger partial charge in [0.05, 0.1) is 0 Å². The standard InChI is InChI=1S/C15H12F2OS/c1-19-15-5-3-2-4-13(15)14(18)8-10-6-11(16)9-12(17)7-10/h2-7,9H,8H2,1H3. The molecule has 19 heavy (non-hydrogen) atoms. The van der Waals surface area contributed by atoms with Gasteiger partial charge in [-0.15, -0.1) is 11.8 Å². The minimum Gasteiger partial charge on any atom is -0.294 e. The van der Waals surface area contributed by atoms with Crippen LogP contribution < -0.4 is 0 Å². The molecule has 0 saturated heterocycles. The highest BCUT2D eigenvalue weighted by Gasteiger charge is 2.12. The molecule has 2 rings (SSSR count). The van der Waals surface area contributed by atoms with E-state index in [1.807, 2.05) is 18.4 Å². The number of rotatable bonds is 4. The molecule has 0 aliphatic rings. The monoisotopic (exact) mass is 278 g/mol. The summed E-state index contributed by atoms with van der Waals surface area (Å²) in [5.41, 5.74) is 0.929. The summed E-state index contributed by atoms with van der Waals surface area (Å²) in [5.74, 6) is -1.48. The molecule has 0 fully saturated rings. The Morgan fingerprint density at radius 3 is 2.37 bits per heavy atom. The molecule has 0 spiro atoms. The predicted molar refractivity (Wildman–Crippen MR) is 72.6 cm³/mol. The van der Waals surface area contributed by atoms with Crippen molar-refractivity contribution < 1.29 is 13.6 Å². The molecule has 4 heteroatoms. The highest BCUT2D eigenvalue weighted by molar-refractivity contribution is 7.98. The number of halogens is 2. The fourth-order valence-corrected chi connectivity index (χ4v) is 2.49. The molecule has 1 nitrogen and oxygen atoms in total. The van der Waals surface area contributed by atoms with E-state index in [1.165, 1.54) is 23.9 Å². The van der Waals surface area contributed by atoms with Crippen LogP contribution in [0.1, 0.15) is 15.9 Å². The fourth-order valence-electron chi connectivity index (χ4n) is 1.87. The molecule has 0 radical (unpaired) electrons. The first kappa shape index (κ1) is 13.7. The van der Waals surface area contributed by atoms with E-state index < -0.39 is 11.6 Å². The minimum atomic E-state index is -0.666. The Balaban J connectivity index is 2.25. The molecular weight excluding hydrogens is 266 g/mol. The number of thioether (sulfide) groups is 1. The van der Waals surface area contributed by atoms with Gasteiger partial charge < -0.3 is 0 Å². The van der Waals surface area contributed by atoms with Gasteiger partial charge in [-0.1, -0.05) is 18.2 Å². The molecule has 2 aromatic rings. The van der Waals surface area contributed by atoms with Gasteiger partial charge >= 0.3 is 0 Å². The SMILES string of the molecule is CSc1ccccc1C(=O)Cc1cc(F)cc(F)c1. The Bertz CT molecular complexity index is 591. The number of Topliss-reactive ketones (excluding diaryl/α,β-unsaturated/α-hetero) is 1. The zero-order chi connectivity index (χ0) is 13.8. The summed E-state index contributed by atoms with van der Waals surface area (Å²) in [5, 5.41) is 0. The van der Waals surface area contributed by atoms with Crippen LogP contribution in [0.2, 0.25) is 0 Å². The zero-order valence-corrected chi connectivity index (χ0v) is 11.1. The summed E-state index contributed by atoms with van der Waals surface area (Å²) < 4.78 is 26.1. The second-order valence-electron chi connectivity index (χ2n) is 4.08. The molecule has 0 bridgehead atoms. The van der Waals surface area contributed by atoms with Crippen molar-refractivity contribution >= 4 is 17.5 Å². The predicted octanol–water partition coefficient (Wildman–Crippen LogP) is 4.11. The Kier molecular flexibility index (Phi) is 4.32. The molecule has 98 valence electrons. The van der Waals surface area contributed by atoms with E-state index in [0.717, 1.165) is 11.0 Å². The molecule has 2 aromatic carbocycles. The van der Waals surface area contributed by atoms with E-state index >= 15 is 0 Å². The molecule has 0 aromatic heterocycles. The number of carbonyl (C=O) groups excluding carboxylic acids is 1. The lowest BCUT2D eigenvalue weighted by molar-refractivity contribution is 0.0990. The van der Waals surface area contributed by atoms with Crippen LogP contribution in [0.15, 0.2) is 47.4 Å². The van der Waals surface area contributed by atoms with Crippen LogP contribution in [0, 0.1) is 11.6 Å². The first-order valence-electron chi connectivity index (χ1n) is 5.71. The third kappa shape index (κ3) is 3.41. The van der Waals surface area contributed by atoms with Gasteiger partial charge in [-0.25, -0.2) is 8.78 Å². The number of ketones is 1. The zero-order valence-electron chi connectivity index (χ0n) is 10.3. The smallest absolute Gasteiger partial charge is 0.168 e. The number of hydrogen-bond acceptors (Lipinski definition) is 2. The normalized spacial score (nSPS) is 10.5.